The molecule has 1 aromatic heterocycles. The highest BCUT2D eigenvalue weighted by atomic mass is 32.1. The third-order valence-electron chi connectivity index (χ3n) is 3.21. The summed E-state index contributed by atoms with van der Waals surface area (Å²) in [5.41, 5.74) is 0. The monoisotopic (exact) mass is 253 g/mol. The molecule has 0 bridgehead atoms. The molecule has 1 unspecified atom stereocenters. The maximum Gasteiger partial charge on any atom is 0.0440 e. The maximum atomic E-state index is 3.87. The van der Waals surface area contributed by atoms with Gasteiger partial charge in [-0.3, -0.25) is 0 Å². The van der Waals surface area contributed by atoms with Crippen LogP contribution < -0.4 is 5.32 Å². The molecule has 0 saturated heterocycles. The van der Waals surface area contributed by atoms with Crippen LogP contribution in [0.15, 0.2) is 17.5 Å². The summed E-state index contributed by atoms with van der Waals surface area (Å²) in [6.45, 7) is 9.18. The molecule has 1 atom stereocenters. The maximum absolute atomic E-state index is 3.87. The molecule has 1 rings (SSSR count). The van der Waals surface area contributed by atoms with Crippen molar-refractivity contribution in [3.8, 4) is 0 Å². The van der Waals surface area contributed by atoms with Crippen molar-refractivity contribution in [1.82, 2.24) is 5.32 Å². The Morgan fingerprint density at radius 1 is 1.18 bits per heavy atom. The van der Waals surface area contributed by atoms with E-state index in [0.717, 1.165) is 0 Å². The second-order valence-corrected chi connectivity index (χ2v) is 6.16. The van der Waals surface area contributed by atoms with Gasteiger partial charge in [-0.15, -0.1) is 11.3 Å². The quantitative estimate of drug-likeness (QED) is 0.687. The van der Waals surface area contributed by atoms with Gasteiger partial charge in [0.1, 0.15) is 0 Å². The highest BCUT2D eigenvalue weighted by Gasteiger charge is 2.19. The van der Waals surface area contributed by atoms with E-state index in [1.807, 2.05) is 11.3 Å². The van der Waals surface area contributed by atoms with Gasteiger partial charge in [0, 0.05) is 17.0 Å². The molecule has 2 heteroatoms. The number of thiophene rings is 1. The van der Waals surface area contributed by atoms with Crippen LogP contribution >= 0.6 is 11.3 Å². The molecule has 0 fully saturated rings. The Labute approximate surface area is 111 Å². The van der Waals surface area contributed by atoms with Crippen LogP contribution in [-0.4, -0.2) is 6.04 Å². The van der Waals surface area contributed by atoms with Gasteiger partial charge in [0.05, 0.1) is 0 Å². The summed E-state index contributed by atoms with van der Waals surface area (Å²) in [7, 11) is 0. The van der Waals surface area contributed by atoms with Crippen LogP contribution in [0.25, 0.3) is 0 Å². The smallest absolute Gasteiger partial charge is 0.0440 e. The van der Waals surface area contributed by atoms with Crippen molar-refractivity contribution >= 4 is 11.3 Å². The van der Waals surface area contributed by atoms with Crippen molar-refractivity contribution in [3.05, 3.63) is 22.4 Å². The molecule has 0 aliphatic heterocycles. The number of rotatable bonds is 8. The summed E-state index contributed by atoms with van der Waals surface area (Å²) in [5, 5.41) is 6.05. The number of hydrogen-bond acceptors (Lipinski definition) is 2. The van der Waals surface area contributed by atoms with E-state index in [9.17, 15) is 0 Å². The average molecular weight is 253 g/mol. The molecule has 1 N–H and O–H groups in total. The standard InChI is InChI=1S/C15H27NS/c1-5-8-13(9-6-2)16-15(12(3)4)14-10-7-11-17-14/h7,10-13,15-16H,5-6,8-9H2,1-4H3. The van der Waals surface area contributed by atoms with Crippen molar-refractivity contribution in [2.24, 2.45) is 5.92 Å². The lowest BCUT2D eigenvalue weighted by Gasteiger charge is -2.27. The molecule has 0 aliphatic carbocycles. The van der Waals surface area contributed by atoms with Crippen molar-refractivity contribution in [3.63, 3.8) is 0 Å². The molecule has 1 nitrogen and oxygen atoms in total. The van der Waals surface area contributed by atoms with Crippen LogP contribution in [0, 0.1) is 5.92 Å². The highest BCUT2D eigenvalue weighted by Crippen LogP contribution is 2.27. The summed E-state index contributed by atoms with van der Waals surface area (Å²) in [6, 6.07) is 5.63. The Bertz CT molecular complexity index is 273. The zero-order valence-corrected chi connectivity index (χ0v) is 12.5. The topological polar surface area (TPSA) is 12.0 Å². The zero-order chi connectivity index (χ0) is 12.7. The van der Waals surface area contributed by atoms with Gasteiger partial charge in [-0.05, 0) is 30.2 Å². The zero-order valence-electron chi connectivity index (χ0n) is 11.7. The van der Waals surface area contributed by atoms with Gasteiger partial charge in [0.2, 0.25) is 0 Å². The Kier molecular flexibility index (Phi) is 6.83. The fraction of sp³-hybridized carbons (Fsp3) is 0.733. The summed E-state index contributed by atoms with van der Waals surface area (Å²) >= 11 is 1.88. The first kappa shape index (κ1) is 14.7. The number of nitrogens with one attached hydrogen (secondary N) is 1. The predicted molar refractivity (Wildman–Crippen MR) is 78.6 cm³/mol. The van der Waals surface area contributed by atoms with E-state index in [1.165, 1.54) is 30.6 Å². The molecule has 0 spiro atoms. The molecule has 0 saturated carbocycles. The van der Waals surface area contributed by atoms with Gasteiger partial charge < -0.3 is 5.32 Å². The van der Waals surface area contributed by atoms with Crippen LogP contribution in [0.2, 0.25) is 0 Å². The first-order valence-corrected chi connectivity index (χ1v) is 7.86. The van der Waals surface area contributed by atoms with E-state index in [2.05, 4.69) is 50.5 Å². The van der Waals surface area contributed by atoms with Crippen LogP contribution in [0.3, 0.4) is 0 Å². The minimum atomic E-state index is 0.526. The second-order valence-electron chi connectivity index (χ2n) is 5.18. The fourth-order valence-corrected chi connectivity index (χ4v) is 3.29. The van der Waals surface area contributed by atoms with E-state index >= 15 is 0 Å². The summed E-state index contributed by atoms with van der Waals surface area (Å²) in [5.74, 6) is 0.657. The molecule has 17 heavy (non-hydrogen) atoms. The van der Waals surface area contributed by atoms with E-state index in [4.69, 9.17) is 0 Å². The van der Waals surface area contributed by atoms with Gasteiger partial charge in [0.25, 0.3) is 0 Å². The molecular weight excluding hydrogens is 226 g/mol. The molecule has 0 amide bonds. The van der Waals surface area contributed by atoms with Gasteiger partial charge in [-0.2, -0.15) is 0 Å². The first-order valence-electron chi connectivity index (χ1n) is 6.98. The predicted octanol–water partition coefficient (Wildman–Crippen LogP) is 5.00. The third kappa shape index (κ3) is 4.81. The average Bonchev–Trinajstić information content (AvgIpc) is 2.79. The first-order chi connectivity index (χ1) is 8.19. The largest absolute Gasteiger partial charge is 0.306 e. The minimum Gasteiger partial charge on any atom is -0.306 e. The minimum absolute atomic E-state index is 0.526. The van der Waals surface area contributed by atoms with E-state index in [0.29, 0.717) is 18.0 Å². The van der Waals surface area contributed by atoms with Crippen LogP contribution in [-0.2, 0) is 0 Å². The third-order valence-corrected chi connectivity index (χ3v) is 4.16. The van der Waals surface area contributed by atoms with Gasteiger partial charge >= 0.3 is 0 Å². The Morgan fingerprint density at radius 3 is 2.24 bits per heavy atom. The molecule has 98 valence electrons. The van der Waals surface area contributed by atoms with Crippen molar-refractivity contribution in [2.75, 3.05) is 0 Å². The highest BCUT2D eigenvalue weighted by molar-refractivity contribution is 7.10. The lowest BCUT2D eigenvalue weighted by atomic mass is 9.98. The lowest BCUT2D eigenvalue weighted by molar-refractivity contribution is 0.335. The Balaban J connectivity index is 2.64. The summed E-state index contributed by atoms with van der Waals surface area (Å²) in [6.07, 6.45) is 5.13. The van der Waals surface area contributed by atoms with Gasteiger partial charge in [-0.25, -0.2) is 0 Å². The van der Waals surface area contributed by atoms with E-state index in [1.54, 1.807) is 0 Å². The summed E-state index contributed by atoms with van der Waals surface area (Å²) < 4.78 is 0. The normalized spacial score (nSPS) is 13.5. The second kappa shape index (κ2) is 7.88. The fourth-order valence-electron chi connectivity index (χ4n) is 2.33. The molecule has 0 aromatic carbocycles. The molecule has 1 heterocycles. The van der Waals surface area contributed by atoms with Gasteiger partial charge in [-0.1, -0.05) is 46.6 Å². The van der Waals surface area contributed by atoms with Crippen molar-refractivity contribution in [1.29, 1.82) is 0 Å². The van der Waals surface area contributed by atoms with Gasteiger partial charge in [0.15, 0.2) is 0 Å². The summed E-state index contributed by atoms with van der Waals surface area (Å²) in [4.78, 5) is 1.48. The van der Waals surface area contributed by atoms with Crippen LogP contribution in [0.1, 0.15) is 64.3 Å². The van der Waals surface area contributed by atoms with E-state index in [-0.39, 0.29) is 0 Å². The van der Waals surface area contributed by atoms with Crippen LogP contribution in [0.4, 0.5) is 0 Å². The van der Waals surface area contributed by atoms with E-state index < -0.39 is 0 Å². The SMILES string of the molecule is CCCC(CCC)NC(c1cccs1)C(C)C. The van der Waals surface area contributed by atoms with Crippen LogP contribution in [0.5, 0.6) is 0 Å². The van der Waals surface area contributed by atoms with Crippen molar-refractivity contribution in [2.45, 2.75) is 65.5 Å². The molecule has 1 aromatic rings. The Morgan fingerprint density at radius 2 is 1.82 bits per heavy atom. The molecule has 0 radical (unpaired) electrons. The molecular formula is C15H27NS. The molecule has 0 aliphatic rings. The van der Waals surface area contributed by atoms with Crippen molar-refractivity contribution < 1.29 is 0 Å². The lowest BCUT2D eigenvalue weighted by Crippen LogP contribution is -2.35. The Hall–Kier alpha value is -0.340. The number of hydrogen-bond donors (Lipinski definition) is 1.